The summed E-state index contributed by atoms with van der Waals surface area (Å²) in [7, 11) is 8.79. The number of esters is 1. The number of H-pyrrole nitrogens is 2. The highest BCUT2D eigenvalue weighted by molar-refractivity contribution is 6.15. The molecule has 1 aliphatic heterocycles. The van der Waals surface area contributed by atoms with E-state index in [0.29, 0.717) is 83.4 Å². The van der Waals surface area contributed by atoms with Gasteiger partial charge < -0.3 is 58.2 Å². The molecule has 2 aliphatic rings. The van der Waals surface area contributed by atoms with E-state index in [0.717, 1.165) is 5.56 Å². The number of nitrogens with one attached hydrogen (secondary N) is 2. The maximum absolute atomic E-state index is 14.2. The first-order chi connectivity index (χ1) is 29.2. The summed E-state index contributed by atoms with van der Waals surface area (Å²) in [6.45, 7) is 6.16. The molecule has 0 fully saturated rings. The number of likely N-dealkylation sites (N-methyl/N-ethyl adjacent to an activating group) is 2. The van der Waals surface area contributed by atoms with E-state index in [1.54, 1.807) is 42.2 Å². The second-order valence-electron chi connectivity index (χ2n) is 14.3. The van der Waals surface area contributed by atoms with Gasteiger partial charge in [-0.3, -0.25) is 9.59 Å². The number of aromatic nitrogens is 2. The number of carbonyl (C=O) groups is 5. The Hall–Kier alpha value is -6.10. The van der Waals surface area contributed by atoms with E-state index in [-0.39, 0.29) is 36.1 Å². The lowest BCUT2D eigenvalue weighted by Crippen LogP contribution is -2.39. The highest BCUT2D eigenvalue weighted by atomic mass is 35.5. The minimum absolute atomic E-state index is 0.0677. The third kappa shape index (κ3) is 10.1. The van der Waals surface area contributed by atoms with Crippen LogP contribution in [-0.4, -0.2) is 130 Å². The van der Waals surface area contributed by atoms with E-state index in [4.69, 9.17) is 28.4 Å². The summed E-state index contributed by atoms with van der Waals surface area (Å²) in [4.78, 5) is 75.4. The van der Waals surface area contributed by atoms with Crippen molar-refractivity contribution in [2.24, 2.45) is 5.41 Å². The molecule has 61 heavy (non-hydrogen) atoms. The lowest BCUT2D eigenvalue weighted by Gasteiger charge is -2.29. The Balaban J connectivity index is 0.00000199. The fourth-order valence-electron chi connectivity index (χ4n) is 7.19. The van der Waals surface area contributed by atoms with E-state index >= 15 is 0 Å². The number of methoxy groups -OCH3 is 4. The van der Waals surface area contributed by atoms with Crippen molar-refractivity contribution < 1.29 is 57.5 Å². The van der Waals surface area contributed by atoms with Gasteiger partial charge in [-0.1, -0.05) is 19.9 Å². The summed E-state index contributed by atoms with van der Waals surface area (Å²) in [5.74, 6) is -0.622. The second kappa shape index (κ2) is 20.9. The maximum Gasteiger partial charge on any atom is 0.415 e. The summed E-state index contributed by atoms with van der Waals surface area (Å²) in [5.41, 5.74) is 1.66. The first-order valence-corrected chi connectivity index (χ1v) is 20.5. The number of aliphatic carboxylic acids is 1. The zero-order chi connectivity index (χ0) is 45.2. The number of nitrogens with zero attached hydrogens (tertiary/aromatic N) is 3. The van der Waals surface area contributed by atoms with Gasteiger partial charge in [-0.2, -0.15) is 0 Å². The Labute approximate surface area is 359 Å². The predicted molar refractivity (Wildman–Crippen MR) is 231 cm³/mol. The molecule has 0 saturated carbocycles. The summed E-state index contributed by atoms with van der Waals surface area (Å²) in [6, 6.07) is 6.62. The number of carbonyl (C=O) groups excluding carboxylic acids is 4. The zero-order valence-electron chi connectivity index (χ0n) is 36.4. The molecule has 2 aromatic heterocycles. The summed E-state index contributed by atoms with van der Waals surface area (Å²) >= 11 is 4.64. The Morgan fingerprint density at radius 2 is 1.51 bits per heavy atom. The van der Waals surface area contributed by atoms with Crippen LogP contribution in [0.15, 0.2) is 36.4 Å². The summed E-state index contributed by atoms with van der Waals surface area (Å²) in [5, 5.41) is 10.9. The first-order valence-electron chi connectivity index (χ1n) is 19.8. The number of ether oxygens (including phenoxy) is 6. The van der Waals surface area contributed by atoms with Gasteiger partial charge in [-0.05, 0) is 68.9 Å². The number of fused-ring (bicyclic) bond motifs is 4. The fourth-order valence-corrected chi connectivity index (χ4v) is 7.19. The SMILES string of the molecule is CC.CCl.COC(=O)c1cc2c3c(cc(OC(=O)N(C)CCN(C)C(=O)OC4/C=C/CCC(C)(C(=O)O)CC4)c2[nH]1)N(C(=O)c1cc2cc(OC)c(OC)c(OC)c2[nH]1)CC3. The highest BCUT2D eigenvalue weighted by Crippen LogP contribution is 2.45. The molecule has 3 amide bonds. The van der Waals surface area contributed by atoms with Crippen LogP contribution in [0.5, 0.6) is 23.0 Å². The van der Waals surface area contributed by atoms with Gasteiger partial charge in [0, 0.05) is 57.0 Å². The first kappa shape index (κ1) is 47.6. The standard InChI is InChI=1S/C40H47N5O12.C2H6.CH3Cl/c1-40(37(48)49)13-9-8-10-23(11-14-40)56-38(50)43(2)16-17-44(3)39(51)57-29-21-28-24(25-20-27(36(47)55-7)42-32(25)29)12-15-45(28)35(46)26-18-22-19-30(52-4)33(53-5)34(54-6)31(22)41-26;2*1-2/h8,10,18-21,23,41-42H,9,11-17H2,1-7H3,(H,48,49);1-2H3;1H3/b10-8+;;. The van der Waals surface area contributed by atoms with E-state index < -0.39 is 35.6 Å². The fraction of sp³-hybridized carbons (Fsp3) is 0.465. The smallest absolute Gasteiger partial charge is 0.415 e. The van der Waals surface area contributed by atoms with E-state index in [2.05, 4.69) is 21.6 Å². The van der Waals surface area contributed by atoms with Crippen LogP contribution >= 0.6 is 11.6 Å². The normalized spacial score (nSPS) is 17.2. The molecule has 3 N–H and O–H groups in total. The van der Waals surface area contributed by atoms with Gasteiger partial charge in [-0.25, -0.2) is 14.4 Å². The molecular weight excluding hydrogens is 814 g/mol. The van der Waals surface area contributed by atoms with Gasteiger partial charge in [0.25, 0.3) is 5.91 Å². The monoisotopic (exact) mass is 869 g/mol. The van der Waals surface area contributed by atoms with Crippen molar-refractivity contribution in [2.75, 3.05) is 73.5 Å². The van der Waals surface area contributed by atoms with E-state index in [9.17, 15) is 29.1 Å². The Morgan fingerprint density at radius 1 is 0.852 bits per heavy atom. The number of amides is 3. The predicted octanol–water partition coefficient (Wildman–Crippen LogP) is 7.63. The maximum atomic E-state index is 14.2. The van der Waals surface area contributed by atoms with E-state index in [1.165, 1.54) is 58.7 Å². The van der Waals surface area contributed by atoms with Gasteiger partial charge in [0.05, 0.1) is 50.6 Å². The number of carboxylic acids is 1. The minimum Gasteiger partial charge on any atom is -0.493 e. The van der Waals surface area contributed by atoms with Crippen LogP contribution in [0, 0.1) is 5.41 Å². The molecular formula is C43H56ClN5O12. The zero-order valence-corrected chi connectivity index (χ0v) is 37.1. The molecule has 3 heterocycles. The van der Waals surface area contributed by atoms with Gasteiger partial charge in [-0.15, -0.1) is 11.6 Å². The van der Waals surface area contributed by atoms with Gasteiger partial charge in [0.2, 0.25) is 5.75 Å². The second-order valence-corrected chi connectivity index (χ2v) is 14.3. The minimum atomic E-state index is -0.903. The number of anilines is 1. The van der Waals surface area contributed by atoms with Crippen LogP contribution in [0.3, 0.4) is 0 Å². The van der Waals surface area contributed by atoms with Crippen molar-refractivity contribution >= 4 is 69.1 Å². The number of benzene rings is 2. The Bertz CT molecular complexity index is 2270. The summed E-state index contributed by atoms with van der Waals surface area (Å²) in [6.07, 6.45) is 5.34. The molecule has 0 bridgehead atoms. The van der Waals surface area contributed by atoms with Crippen LogP contribution in [-0.2, 0) is 20.7 Å². The van der Waals surface area contributed by atoms with Crippen molar-refractivity contribution in [1.82, 2.24) is 19.8 Å². The quantitative estimate of drug-likeness (QED) is 0.0757. The number of hydrogen-bond acceptors (Lipinski definition) is 11. The third-order valence-electron chi connectivity index (χ3n) is 10.7. The Kier molecular flexibility index (Phi) is 16.3. The van der Waals surface area contributed by atoms with Crippen molar-refractivity contribution in [3.8, 4) is 23.0 Å². The number of carboxylic acid groups (broad SMARTS) is 1. The number of allylic oxidation sites excluding steroid dienone is 1. The number of alkyl halides is 1. The van der Waals surface area contributed by atoms with Crippen LogP contribution < -0.4 is 23.8 Å². The van der Waals surface area contributed by atoms with Crippen molar-refractivity contribution in [1.29, 1.82) is 0 Å². The van der Waals surface area contributed by atoms with Crippen LogP contribution in [0.1, 0.15) is 73.0 Å². The average Bonchev–Trinajstić information content (AvgIpc) is 4.02. The van der Waals surface area contributed by atoms with Crippen LogP contribution in [0.4, 0.5) is 15.3 Å². The van der Waals surface area contributed by atoms with E-state index in [1.807, 2.05) is 19.9 Å². The lowest BCUT2D eigenvalue weighted by molar-refractivity contribution is -0.149. The molecule has 18 heteroatoms. The van der Waals surface area contributed by atoms with Gasteiger partial charge in [0.15, 0.2) is 17.2 Å². The van der Waals surface area contributed by atoms with Crippen LogP contribution in [0.2, 0.25) is 0 Å². The average molecular weight is 870 g/mol. The number of rotatable bonds is 11. The largest absolute Gasteiger partial charge is 0.493 e. The molecule has 17 nitrogen and oxygen atoms in total. The van der Waals surface area contributed by atoms with Crippen molar-refractivity contribution in [2.45, 2.75) is 59.0 Å². The topological polar surface area (TPSA) is 202 Å². The van der Waals surface area contributed by atoms with Gasteiger partial charge >= 0.3 is 24.1 Å². The van der Waals surface area contributed by atoms with Crippen LogP contribution in [0.25, 0.3) is 21.8 Å². The molecule has 6 rings (SSSR count). The molecule has 2 aromatic carbocycles. The highest BCUT2D eigenvalue weighted by Gasteiger charge is 2.35. The molecule has 2 atom stereocenters. The molecule has 4 aromatic rings. The molecule has 2 unspecified atom stereocenters. The molecule has 1 aliphatic carbocycles. The molecule has 0 spiro atoms. The van der Waals surface area contributed by atoms with Gasteiger partial charge in [0.1, 0.15) is 17.5 Å². The Morgan fingerprint density at radius 3 is 2.13 bits per heavy atom. The van der Waals surface area contributed by atoms with Crippen molar-refractivity contribution in [3.63, 3.8) is 0 Å². The molecule has 332 valence electrons. The van der Waals surface area contributed by atoms with Crippen molar-refractivity contribution in [3.05, 3.63) is 53.4 Å². The summed E-state index contributed by atoms with van der Waals surface area (Å²) < 4.78 is 33.1. The number of halogens is 1. The molecule has 0 saturated heterocycles. The molecule has 0 radical (unpaired) electrons. The third-order valence-corrected chi connectivity index (χ3v) is 10.7. The lowest BCUT2D eigenvalue weighted by atomic mass is 9.79. The number of hydrogen-bond donors (Lipinski definition) is 3. The number of aromatic amines is 2.